The number of benzene rings is 1. The highest BCUT2D eigenvalue weighted by Gasteiger charge is 2.22. The van der Waals surface area contributed by atoms with Gasteiger partial charge in [0.1, 0.15) is 0 Å². The number of aromatic nitrogens is 2. The molecule has 1 aliphatic rings. The first-order valence-corrected chi connectivity index (χ1v) is 10.9. The van der Waals surface area contributed by atoms with Crippen molar-refractivity contribution in [1.82, 2.24) is 14.5 Å². The summed E-state index contributed by atoms with van der Waals surface area (Å²) in [5.74, 6) is 1.02. The first-order chi connectivity index (χ1) is 13.1. The Kier molecular flexibility index (Phi) is 5.15. The van der Waals surface area contributed by atoms with Gasteiger partial charge in [0.05, 0.1) is 24.2 Å². The molecule has 3 heterocycles. The number of nitrogens with zero attached hydrogens (tertiary/aromatic N) is 2. The Labute approximate surface area is 161 Å². The molecule has 0 spiro atoms. The third-order valence-corrected chi connectivity index (χ3v) is 6.61. The van der Waals surface area contributed by atoms with E-state index in [9.17, 15) is 8.42 Å². The summed E-state index contributed by atoms with van der Waals surface area (Å²) in [5, 5.41) is 6.23. The molecule has 1 unspecified atom stereocenters. The van der Waals surface area contributed by atoms with Crippen LogP contribution in [0.15, 0.2) is 59.1 Å². The van der Waals surface area contributed by atoms with Crippen molar-refractivity contribution < 1.29 is 17.9 Å². The van der Waals surface area contributed by atoms with Crippen molar-refractivity contribution in [3.63, 3.8) is 0 Å². The lowest BCUT2D eigenvalue weighted by Crippen LogP contribution is -2.31. The molecule has 0 saturated heterocycles. The molecule has 0 saturated carbocycles. The molecule has 1 aromatic carbocycles. The van der Waals surface area contributed by atoms with E-state index in [4.69, 9.17) is 9.47 Å². The minimum Gasteiger partial charge on any atom is -0.490 e. The molecule has 0 fully saturated rings. The van der Waals surface area contributed by atoms with E-state index in [0.29, 0.717) is 24.7 Å². The Balaban J connectivity index is 1.55. The van der Waals surface area contributed by atoms with E-state index >= 15 is 0 Å². The molecule has 4 rings (SSSR count). The Morgan fingerprint density at radius 1 is 1.19 bits per heavy atom. The first-order valence-electron chi connectivity index (χ1n) is 8.55. The summed E-state index contributed by atoms with van der Waals surface area (Å²) in [7, 11) is -3.70. The molecule has 0 radical (unpaired) electrons. The van der Waals surface area contributed by atoms with E-state index in [1.165, 1.54) is 12.1 Å². The zero-order valence-electron chi connectivity index (χ0n) is 14.4. The average Bonchev–Trinajstić information content (AvgIpc) is 3.33. The van der Waals surface area contributed by atoms with Crippen LogP contribution in [-0.2, 0) is 10.0 Å². The van der Waals surface area contributed by atoms with Crippen molar-refractivity contribution in [2.24, 2.45) is 0 Å². The van der Waals surface area contributed by atoms with Gasteiger partial charge in [-0.1, -0.05) is 6.07 Å². The molecule has 1 atom stereocenters. The molecule has 1 N–H and O–H groups in total. The SMILES string of the molecule is O=S(=O)(NCC(c1cccs1)n1cccn1)c1ccc2c(c1)OCCCO2. The molecule has 3 aromatic rings. The Bertz CT molecular complexity index is 952. The summed E-state index contributed by atoms with van der Waals surface area (Å²) in [6.07, 6.45) is 4.27. The summed E-state index contributed by atoms with van der Waals surface area (Å²) in [5.41, 5.74) is 0. The van der Waals surface area contributed by atoms with Gasteiger partial charge in [-0.05, 0) is 29.6 Å². The van der Waals surface area contributed by atoms with Gasteiger partial charge in [0.25, 0.3) is 0 Å². The van der Waals surface area contributed by atoms with Crippen LogP contribution in [0, 0.1) is 0 Å². The minimum atomic E-state index is -3.70. The van der Waals surface area contributed by atoms with E-state index < -0.39 is 10.0 Å². The van der Waals surface area contributed by atoms with Gasteiger partial charge in [0.15, 0.2) is 11.5 Å². The summed E-state index contributed by atoms with van der Waals surface area (Å²) in [6, 6.07) is 10.2. The summed E-state index contributed by atoms with van der Waals surface area (Å²) < 4.78 is 41.2. The first kappa shape index (κ1) is 18.0. The third kappa shape index (κ3) is 4.00. The highest BCUT2D eigenvalue weighted by molar-refractivity contribution is 7.89. The Morgan fingerprint density at radius 3 is 2.78 bits per heavy atom. The lowest BCUT2D eigenvalue weighted by molar-refractivity contribution is 0.297. The fourth-order valence-corrected chi connectivity index (χ4v) is 4.73. The van der Waals surface area contributed by atoms with E-state index in [2.05, 4.69) is 9.82 Å². The molecule has 0 aliphatic carbocycles. The van der Waals surface area contributed by atoms with Gasteiger partial charge >= 0.3 is 0 Å². The standard InChI is InChI=1S/C18H19N3O4S2/c22-27(23,14-5-6-16-17(12-14)25-10-3-9-24-16)20-13-15(18-4-1-11-26-18)21-8-2-7-19-21/h1-2,4-8,11-12,15,20H,3,9-10,13H2. The Hall–Kier alpha value is -2.36. The van der Waals surface area contributed by atoms with Crippen LogP contribution in [0.4, 0.5) is 0 Å². The number of nitrogens with one attached hydrogen (secondary N) is 1. The van der Waals surface area contributed by atoms with Gasteiger partial charge in [0.2, 0.25) is 10.0 Å². The van der Waals surface area contributed by atoms with Crippen molar-refractivity contribution in [3.05, 3.63) is 59.0 Å². The highest BCUT2D eigenvalue weighted by Crippen LogP contribution is 2.32. The average molecular weight is 406 g/mol. The minimum absolute atomic E-state index is 0.150. The largest absolute Gasteiger partial charge is 0.490 e. The number of fused-ring (bicyclic) bond motifs is 1. The zero-order chi connectivity index (χ0) is 18.7. The summed E-state index contributed by atoms with van der Waals surface area (Å²) in [4.78, 5) is 1.18. The fraction of sp³-hybridized carbons (Fsp3) is 0.278. The fourth-order valence-electron chi connectivity index (χ4n) is 2.85. The van der Waals surface area contributed by atoms with E-state index in [0.717, 1.165) is 11.3 Å². The number of rotatable bonds is 6. The second-order valence-electron chi connectivity index (χ2n) is 6.03. The predicted octanol–water partition coefficient (Wildman–Crippen LogP) is 2.67. The highest BCUT2D eigenvalue weighted by atomic mass is 32.2. The van der Waals surface area contributed by atoms with Gasteiger partial charge in [0, 0.05) is 36.3 Å². The van der Waals surface area contributed by atoms with Crippen molar-refractivity contribution in [2.75, 3.05) is 19.8 Å². The molecular formula is C18H19N3O4S2. The second kappa shape index (κ2) is 7.71. The molecule has 2 aromatic heterocycles. The van der Waals surface area contributed by atoms with Gasteiger partial charge in [-0.3, -0.25) is 4.68 Å². The van der Waals surface area contributed by atoms with Crippen LogP contribution >= 0.6 is 11.3 Å². The lowest BCUT2D eigenvalue weighted by Gasteiger charge is -2.17. The van der Waals surface area contributed by atoms with Gasteiger partial charge < -0.3 is 9.47 Å². The number of thiophene rings is 1. The van der Waals surface area contributed by atoms with E-state index in [1.54, 1.807) is 28.3 Å². The molecule has 7 nitrogen and oxygen atoms in total. The molecule has 27 heavy (non-hydrogen) atoms. The normalized spacial score (nSPS) is 15.3. The topological polar surface area (TPSA) is 82.5 Å². The van der Waals surface area contributed by atoms with Crippen LogP contribution in [0.5, 0.6) is 11.5 Å². The zero-order valence-corrected chi connectivity index (χ0v) is 16.1. The van der Waals surface area contributed by atoms with E-state index in [-0.39, 0.29) is 17.5 Å². The number of hydrogen-bond acceptors (Lipinski definition) is 6. The van der Waals surface area contributed by atoms with E-state index in [1.807, 2.05) is 29.8 Å². The third-order valence-electron chi connectivity index (χ3n) is 4.21. The van der Waals surface area contributed by atoms with Crippen molar-refractivity contribution in [1.29, 1.82) is 0 Å². The maximum atomic E-state index is 12.8. The Morgan fingerprint density at radius 2 is 2.04 bits per heavy atom. The lowest BCUT2D eigenvalue weighted by atomic mass is 10.2. The van der Waals surface area contributed by atoms with Crippen LogP contribution in [0.2, 0.25) is 0 Å². The predicted molar refractivity (Wildman–Crippen MR) is 102 cm³/mol. The summed E-state index contributed by atoms with van der Waals surface area (Å²) in [6.45, 7) is 1.26. The summed E-state index contributed by atoms with van der Waals surface area (Å²) >= 11 is 1.56. The molecule has 1 aliphatic heterocycles. The number of hydrogen-bond donors (Lipinski definition) is 1. The molecule has 0 amide bonds. The second-order valence-corrected chi connectivity index (χ2v) is 8.77. The van der Waals surface area contributed by atoms with Crippen molar-refractivity contribution >= 4 is 21.4 Å². The quantitative estimate of drug-likeness (QED) is 0.682. The molecule has 0 bridgehead atoms. The smallest absolute Gasteiger partial charge is 0.240 e. The maximum absolute atomic E-state index is 12.8. The van der Waals surface area contributed by atoms with Gasteiger partial charge in [-0.2, -0.15) is 5.10 Å². The van der Waals surface area contributed by atoms with Crippen LogP contribution < -0.4 is 14.2 Å². The monoisotopic (exact) mass is 405 g/mol. The van der Waals surface area contributed by atoms with Gasteiger partial charge in [-0.15, -0.1) is 11.3 Å². The maximum Gasteiger partial charge on any atom is 0.240 e. The van der Waals surface area contributed by atoms with Crippen molar-refractivity contribution in [2.45, 2.75) is 17.4 Å². The van der Waals surface area contributed by atoms with Crippen LogP contribution in [0.1, 0.15) is 17.3 Å². The molecule has 142 valence electrons. The van der Waals surface area contributed by atoms with Gasteiger partial charge in [-0.25, -0.2) is 13.1 Å². The number of sulfonamides is 1. The van der Waals surface area contributed by atoms with Crippen LogP contribution in [-0.4, -0.2) is 38.0 Å². The number of ether oxygens (including phenoxy) is 2. The van der Waals surface area contributed by atoms with Crippen molar-refractivity contribution in [3.8, 4) is 11.5 Å². The van der Waals surface area contributed by atoms with Crippen LogP contribution in [0.25, 0.3) is 0 Å². The molecule has 9 heteroatoms. The van der Waals surface area contributed by atoms with Crippen LogP contribution in [0.3, 0.4) is 0 Å². The molecular weight excluding hydrogens is 386 g/mol.